The van der Waals surface area contributed by atoms with Gasteiger partial charge in [-0.05, 0) is 25.1 Å². The molecule has 0 N–H and O–H groups in total. The molecule has 1 heterocycles. The van der Waals surface area contributed by atoms with Gasteiger partial charge in [-0.1, -0.05) is 17.9 Å². The molecule has 1 aromatic heterocycles. The minimum absolute atomic E-state index is 0.332. The van der Waals surface area contributed by atoms with Crippen LogP contribution in [0.1, 0.15) is 22.4 Å². The fourth-order valence-electron chi connectivity index (χ4n) is 1.64. The molecular formula is C14H11F3N2. The lowest BCUT2D eigenvalue weighted by Gasteiger charge is -2.05. The predicted molar refractivity (Wildman–Crippen MR) is 65.4 cm³/mol. The Kier molecular flexibility index (Phi) is 3.34. The van der Waals surface area contributed by atoms with Crippen LogP contribution >= 0.6 is 0 Å². The van der Waals surface area contributed by atoms with E-state index in [2.05, 4.69) is 16.9 Å². The molecule has 0 amide bonds. The van der Waals surface area contributed by atoms with Gasteiger partial charge >= 0.3 is 6.18 Å². The molecule has 0 bridgehead atoms. The van der Waals surface area contributed by atoms with Crippen LogP contribution in [-0.2, 0) is 13.2 Å². The molecular weight excluding hydrogens is 253 g/mol. The highest BCUT2D eigenvalue weighted by atomic mass is 19.4. The van der Waals surface area contributed by atoms with Gasteiger partial charge in [0.2, 0.25) is 0 Å². The molecule has 19 heavy (non-hydrogen) atoms. The van der Waals surface area contributed by atoms with Crippen molar-refractivity contribution in [1.29, 1.82) is 0 Å². The van der Waals surface area contributed by atoms with Gasteiger partial charge in [-0.25, -0.2) is 0 Å². The lowest BCUT2D eigenvalue weighted by Crippen LogP contribution is -2.04. The molecule has 2 rings (SSSR count). The lowest BCUT2D eigenvalue weighted by atomic mass is 10.1. The maximum absolute atomic E-state index is 12.5. The van der Waals surface area contributed by atoms with E-state index in [1.165, 1.54) is 6.07 Å². The Hall–Kier alpha value is -2.22. The van der Waals surface area contributed by atoms with Crippen molar-refractivity contribution in [3.05, 3.63) is 52.8 Å². The summed E-state index contributed by atoms with van der Waals surface area (Å²) in [5.41, 5.74) is 1.10. The quantitative estimate of drug-likeness (QED) is 0.668. The van der Waals surface area contributed by atoms with Crippen molar-refractivity contribution >= 4 is 0 Å². The van der Waals surface area contributed by atoms with Crippen molar-refractivity contribution in [3.8, 4) is 11.8 Å². The SMILES string of the molecule is Cc1nn(C)cc1C#Cc1cccc(C(F)(F)F)c1. The molecule has 98 valence electrons. The minimum Gasteiger partial charge on any atom is -0.274 e. The Bertz CT molecular complexity index is 657. The van der Waals surface area contributed by atoms with E-state index in [0.29, 0.717) is 11.1 Å². The van der Waals surface area contributed by atoms with Crippen LogP contribution in [-0.4, -0.2) is 9.78 Å². The first-order valence-corrected chi connectivity index (χ1v) is 5.56. The third-order valence-electron chi connectivity index (χ3n) is 2.54. The number of halogens is 3. The predicted octanol–water partition coefficient (Wildman–Crippen LogP) is 3.15. The van der Waals surface area contributed by atoms with Gasteiger partial charge in [-0.3, -0.25) is 4.68 Å². The molecule has 0 spiro atoms. The Morgan fingerprint density at radius 3 is 2.53 bits per heavy atom. The number of benzene rings is 1. The summed E-state index contributed by atoms with van der Waals surface area (Å²) in [5, 5.41) is 4.11. The van der Waals surface area contributed by atoms with Crippen LogP contribution in [0.25, 0.3) is 0 Å². The van der Waals surface area contributed by atoms with Gasteiger partial charge in [0.25, 0.3) is 0 Å². The van der Waals surface area contributed by atoms with Crippen LogP contribution in [0.5, 0.6) is 0 Å². The third-order valence-corrected chi connectivity index (χ3v) is 2.54. The molecule has 0 aliphatic heterocycles. The molecule has 0 radical (unpaired) electrons. The van der Waals surface area contributed by atoms with Crippen molar-refractivity contribution in [2.24, 2.45) is 7.05 Å². The molecule has 1 aromatic carbocycles. The second-order valence-corrected chi connectivity index (χ2v) is 4.13. The van der Waals surface area contributed by atoms with Crippen LogP contribution in [0, 0.1) is 18.8 Å². The summed E-state index contributed by atoms with van der Waals surface area (Å²) in [6.07, 6.45) is -2.61. The Morgan fingerprint density at radius 2 is 1.95 bits per heavy atom. The maximum atomic E-state index is 12.5. The van der Waals surface area contributed by atoms with E-state index in [-0.39, 0.29) is 0 Å². The minimum atomic E-state index is -4.35. The first-order valence-electron chi connectivity index (χ1n) is 5.56. The maximum Gasteiger partial charge on any atom is 0.416 e. The molecule has 0 atom stereocenters. The molecule has 0 unspecified atom stereocenters. The molecule has 2 aromatic rings. The van der Waals surface area contributed by atoms with Crippen molar-refractivity contribution in [2.45, 2.75) is 13.1 Å². The van der Waals surface area contributed by atoms with E-state index in [0.717, 1.165) is 17.8 Å². The molecule has 5 heteroatoms. The number of aryl methyl sites for hydroxylation is 2. The second kappa shape index (κ2) is 4.81. The number of alkyl halides is 3. The van der Waals surface area contributed by atoms with Crippen LogP contribution in [0.4, 0.5) is 13.2 Å². The highest BCUT2D eigenvalue weighted by molar-refractivity contribution is 5.45. The standard InChI is InChI=1S/C14H11F3N2/c1-10-12(9-19(2)18-10)7-6-11-4-3-5-13(8-11)14(15,16)17/h3-5,8-9H,1-2H3. The third kappa shape index (κ3) is 3.16. The van der Waals surface area contributed by atoms with Crippen molar-refractivity contribution in [3.63, 3.8) is 0 Å². The summed E-state index contributed by atoms with van der Waals surface area (Å²) in [6, 6.07) is 4.97. The average Bonchev–Trinajstić information content (AvgIpc) is 2.64. The number of hydrogen-bond donors (Lipinski definition) is 0. The van der Waals surface area contributed by atoms with Gasteiger partial charge in [0.1, 0.15) is 0 Å². The van der Waals surface area contributed by atoms with Crippen molar-refractivity contribution < 1.29 is 13.2 Å². The van der Waals surface area contributed by atoms with Gasteiger partial charge in [-0.2, -0.15) is 18.3 Å². The summed E-state index contributed by atoms with van der Waals surface area (Å²) in [7, 11) is 1.77. The van der Waals surface area contributed by atoms with Crippen LogP contribution in [0.15, 0.2) is 30.5 Å². The van der Waals surface area contributed by atoms with Gasteiger partial charge in [0, 0.05) is 18.8 Å². The van der Waals surface area contributed by atoms with E-state index in [4.69, 9.17) is 0 Å². The van der Waals surface area contributed by atoms with E-state index < -0.39 is 11.7 Å². The highest BCUT2D eigenvalue weighted by Crippen LogP contribution is 2.29. The molecule has 0 saturated heterocycles. The summed E-state index contributed by atoms with van der Waals surface area (Å²) in [4.78, 5) is 0. The summed E-state index contributed by atoms with van der Waals surface area (Å²) in [5.74, 6) is 5.55. The summed E-state index contributed by atoms with van der Waals surface area (Å²) < 4.78 is 39.2. The van der Waals surface area contributed by atoms with E-state index >= 15 is 0 Å². The number of aromatic nitrogens is 2. The molecule has 0 fully saturated rings. The van der Waals surface area contributed by atoms with E-state index in [1.807, 2.05) is 0 Å². The zero-order valence-corrected chi connectivity index (χ0v) is 10.4. The van der Waals surface area contributed by atoms with E-state index in [9.17, 15) is 13.2 Å². The highest BCUT2D eigenvalue weighted by Gasteiger charge is 2.30. The van der Waals surface area contributed by atoms with Gasteiger partial charge in [0.15, 0.2) is 0 Å². The Labute approximate surface area is 108 Å². The number of rotatable bonds is 0. The summed E-state index contributed by atoms with van der Waals surface area (Å²) in [6.45, 7) is 1.80. The van der Waals surface area contributed by atoms with E-state index in [1.54, 1.807) is 30.9 Å². The van der Waals surface area contributed by atoms with Crippen molar-refractivity contribution in [1.82, 2.24) is 9.78 Å². The lowest BCUT2D eigenvalue weighted by molar-refractivity contribution is -0.137. The first-order chi connectivity index (χ1) is 8.86. The normalized spacial score (nSPS) is 11.0. The average molecular weight is 264 g/mol. The molecule has 0 saturated carbocycles. The second-order valence-electron chi connectivity index (χ2n) is 4.13. The van der Waals surface area contributed by atoms with Crippen LogP contribution in [0.2, 0.25) is 0 Å². The van der Waals surface area contributed by atoms with Crippen molar-refractivity contribution in [2.75, 3.05) is 0 Å². The molecule has 0 aliphatic carbocycles. The largest absolute Gasteiger partial charge is 0.416 e. The molecule has 2 nitrogen and oxygen atoms in total. The Morgan fingerprint density at radius 1 is 1.21 bits per heavy atom. The fraction of sp³-hybridized carbons (Fsp3) is 0.214. The zero-order chi connectivity index (χ0) is 14.0. The van der Waals surface area contributed by atoms with Gasteiger partial charge in [0.05, 0.1) is 16.8 Å². The zero-order valence-electron chi connectivity index (χ0n) is 10.4. The monoisotopic (exact) mass is 264 g/mol. The Balaban J connectivity index is 2.33. The van der Waals surface area contributed by atoms with Gasteiger partial charge in [-0.15, -0.1) is 0 Å². The fourth-order valence-corrected chi connectivity index (χ4v) is 1.64. The summed E-state index contributed by atoms with van der Waals surface area (Å²) >= 11 is 0. The van der Waals surface area contributed by atoms with Crippen LogP contribution in [0.3, 0.4) is 0 Å². The number of hydrogen-bond acceptors (Lipinski definition) is 1. The van der Waals surface area contributed by atoms with Crippen LogP contribution < -0.4 is 0 Å². The first kappa shape index (κ1) is 13.2. The smallest absolute Gasteiger partial charge is 0.274 e. The topological polar surface area (TPSA) is 17.8 Å². The molecule has 0 aliphatic rings. The number of nitrogens with zero attached hydrogens (tertiary/aromatic N) is 2. The van der Waals surface area contributed by atoms with Gasteiger partial charge < -0.3 is 0 Å².